The van der Waals surface area contributed by atoms with Crippen molar-refractivity contribution in [2.75, 3.05) is 36.5 Å². The number of nitrogens with zero attached hydrogens (tertiary/aromatic N) is 2. The normalized spacial score (nSPS) is 16.8. The first-order valence-corrected chi connectivity index (χ1v) is 10.8. The van der Waals surface area contributed by atoms with Crippen LogP contribution >= 0.6 is 11.8 Å². The summed E-state index contributed by atoms with van der Waals surface area (Å²) < 4.78 is 0. The summed E-state index contributed by atoms with van der Waals surface area (Å²) in [5.74, 6) is 1.11. The Hall–Kier alpha value is -2.64. The smallest absolute Gasteiger partial charge is 0.262 e. The molecule has 3 amide bonds. The van der Waals surface area contributed by atoms with Crippen molar-refractivity contribution < 1.29 is 14.4 Å². The molecule has 1 fully saturated rings. The quantitative estimate of drug-likeness (QED) is 0.769. The van der Waals surface area contributed by atoms with Crippen LogP contribution in [0.15, 0.2) is 42.5 Å². The molecule has 0 aromatic heterocycles. The van der Waals surface area contributed by atoms with Gasteiger partial charge in [-0.15, -0.1) is 0 Å². The molecule has 0 spiro atoms. The number of carbonyl (C=O) groups is 3. The molecule has 0 radical (unpaired) electrons. The average Bonchev–Trinajstić information content (AvgIpc) is 2.96. The largest absolute Gasteiger partial charge is 0.324 e. The molecule has 150 valence electrons. The van der Waals surface area contributed by atoms with E-state index in [-0.39, 0.29) is 12.5 Å². The molecule has 2 aromatic carbocycles. The van der Waals surface area contributed by atoms with Gasteiger partial charge in [-0.2, -0.15) is 11.8 Å². The van der Waals surface area contributed by atoms with Gasteiger partial charge >= 0.3 is 0 Å². The second-order valence-corrected chi connectivity index (χ2v) is 8.55. The molecule has 7 heteroatoms. The Labute approximate surface area is 174 Å². The number of rotatable bonds is 5. The van der Waals surface area contributed by atoms with Crippen molar-refractivity contribution in [2.24, 2.45) is 0 Å². The van der Waals surface area contributed by atoms with Crippen LogP contribution in [-0.2, 0) is 11.3 Å². The Morgan fingerprint density at radius 2 is 1.69 bits per heavy atom. The SMILES string of the molecule is Cc1cc(CN2CCSCC2)ccc1NC(=O)CN1C(=O)c2ccccc2C1=O. The summed E-state index contributed by atoms with van der Waals surface area (Å²) in [5, 5.41) is 2.83. The van der Waals surface area contributed by atoms with Crippen molar-refractivity contribution in [2.45, 2.75) is 13.5 Å². The molecule has 29 heavy (non-hydrogen) atoms. The average molecular weight is 410 g/mol. The Kier molecular flexibility index (Phi) is 5.69. The van der Waals surface area contributed by atoms with Crippen molar-refractivity contribution >= 4 is 35.2 Å². The number of amides is 3. The van der Waals surface area contributed by atoms with Gasteiger partial charge in [-0.25, -0.2) is 0 Å². The minimum absolute atomic E-state index is 0.293. The molecule has 0 bridgehead atoms. The molecule has 4 rings (SSSR count). The molecule has 2 heterocycles. The minimum Gasteiger partial charge on any atom is -0.324 e. The van der Waals surface area contributed by atoms with E-state index < -0.39 is 11.8 Å². The lowest BCUT2D eigenvalue weighted by Gasteiger charge is -2.26. The molecule has 2 aliphatic rings. The van der Waals surface area contributed by atoms with Gasteiger partial charge in [-0.05, 0) is 36.2 Å². The lowest BCUT2D eigenvalue weighted by Crippen LogP contribution is -2.37. The third-order valence-electron chi connectivity index (χ3n) is 5.25. The molecule has 1 saturated heterocycles. The van der Waals surface area contributed by atoms with Gasteiger partial charge in [0.25, 0.3) is 11.8 Å². The second kappa shape index (κ2) is 8.39. The van der Waals surface area contributed by atoms with Crippen molar-refractivity contribution in [3.63, 3.8) is 0 Å². The molecular formula is C22H23N3O3S. The third kappa shape index (κ3) is 4.21. The number of aryl methyl sites for hydroxylation is 1. The van der Waals surface area contributed by atoms with E-state index in [1.54, 1.807) is 24.3 Å². The lowest BCUT2D eigenvalue weighted by atomic mass is 10.1. The van der Waals surface area contributed by atoms with E-state index in [1.165, 1.54) is 17.1 Å². The van der Waals surface area contributed by atoms with Crippen LogP contribution < -0.4 is 5.32 Å². The summed E-state index contributed by atoms with van der Waals surface area (Å²) in [6, 6.07) is 12.6. The fourth-order valence-electron chi connectivity index (χ4n) is 3.70. The molecule has 0 saturated carbocycles. The number of anilines is 1. The van der Waals surface area contributed by atoms with Crippen LogP contribution in [0.4, 0.5) is 5.69 Å². The van der Waals surface area contributed by atoms with Crippen molar-refractivity contribution in [1.29, 1.82) is 0 Å². The van der Waals surface area contributed by atoms with Crippen LogP contribution in [-0.4, -0.2) is 58.7 Å². The van der Waals surface area contributed by atoms with Crippen molar-refractivity contribution in [1.82, 2.24) is 9.80 Å². The molecule has 2 aliphatic heterocycles. The monoisotopic (exact) mass is 409 g/mol. The summed E-state index contributed by atoms with van der Waals surface area (Å²) in [7, 11) is 0. The summed E-state index contributed by atoms with van der Waals surface area (Å²) in [6.07, 6.45) is 0. The predicted molar refractivity (Wildman–Crippen MR) is 114 cm³/mol. The fraction of sp³-hybridized carbons (Fsp3) is 0.318. The van der Waals surface area contributed by atoms with Crippen molar-refractivity contribution in [3.05, 3.63) is 64.7 Å². The third-order valence-corrected chi connectivity index (χ3v) is 6.20. The van der Waals surface area contributed by atoms with E-state index in [1.807, 2.05) is 30.8 Å². The van der Waals surface area contributed by atoms with E-state index in [9.17, 15) is 14.4 Å². The number of nitrogens with one attached hydrogen (secondary N) is 1. The van der Waals surface area contributed by atoms with Crippen LogP contribution in [0.2, 0.25) is 0 Å². The number of fused-ring (bicyclic) bond motifs is 1. The maximum atomic E-state index is 12.5. The summed E-state index contributed by atoms with van der Waals surface area (Å²) >= 11 is 1.99. The number of hydrogen-bond acceptors (Lipinski definition) is 5. The van der Waals surface area contributed by atoms with Crippen LogP contribution in [0.3, 0.4) is 0 Å². The van der Waals surface area contributed by atoms with Gasteiger partial charge in [0, 0.05) is 36.8 Å². The van der Waals surface area contributed by atoms with E-state index in [0.29, 0.717) is 16.8 Å². The first kappa shape index (κ1) is 19.7. The summed E-state index contributed by atoms with van der Waals surface area (Å²) in [4.78, 5) is 40.8. The van der Waals surface area contributed by atoms with E-state index in [0.717, 1.165) is 30.1 Å². The number of benzene rings is 2. The van der Waals surface area contributed by atoms with Gasteiger partial charge in [0.1, 0.15) is 6.54 Å². The topological polar surface area (TPSA) is 69.7 Å². The maximum Gasteiger partial charge on any atom is 0.262 e. The first-order chi connectivity index (χ1) is 14.0. The van der Waals surface area contributed by atoms with E-state index in [4.69, 9.17) is 0 Å². The minimum atomic E-state index is -0.424. The highest BCUT2D eigenvalue weighted by molar-refractivity contribution is 7.99. The van der Waals surface area contributed by atoms with E-state index in [2.05, 4.69) is 16.3 Å². The van der Waals surface area contributed by atoms with Gasteiger partial charge in [-0.3, -0.25) is 24.2 Å². The van der Waals surface area contributed by atoms with Crippen LogP contribution in [0.25, 0.3) is 0 Å². The standard InChI is InChI=1S/C22H23N3O3S/c1-15-12-16(13-24-8-10-29-11-9-24)6-7-19(15)23-20(26)14-25-21(27)17-4-2-3-5-18(17)22(25)28/h2-7,12H,8-11,13-14H2,1H3,(H,23,26). The van der Waals surface area contributed by atoms with Crippen LogP contribution in [0.5, 0.6) is 0 Å². The first-order valence-electron chi connectivity index (χ1n) is 9.67. The number of carbonyl (C=O) groups excluding carboxylic acids is 3. The van der Waals surface area contributed by atoms with Crippen LogP contribution in [0.1, 0.15) is 31.8 Å². The maximum absolute atomic E-state index is 12.5. The van der Waals surface area contributed by atoms with Gasteiger partial charge in [0.05, 0.1) is 11.1 Å². The molecule has 0 unspecified atom stereocenters. The number of thioether (sulfide) groups is 1. The summed E-state index contributed by atoms with van der Waals surface area (Å²) in [5.41, 5.74) is 3.57. The highest BCUT2D eigenvalue weighted by Crippen LogP contribution is 2.23. The Balaban J connectivity index is 1.38. The van der Waals surface area contributed by atoms with Gasteiger partial charge in [-0.1, -0.05) is 24.3 Å². The van der Waals surface area contributed by atoms with E-state index >= 15 is 0 Å². The molecule has 6 nitrogen and oxygen atoms in total. The Morgan fingerprint density at radius 3 is 2.31 bits per heavy atom. The molecular weight excluding hydrogens is 386 g/mol. The van der Waals surface area contributed by atoms with Crippen LogP contribution in [0, 0.1) is 6.92 Å². The zero-order valence-corrected chi connectivity index (χ0v) is 17.1. The summed E-state index contributed by atoms with van der Waals surface area (Å²) in [6.45, 7) is 4.77. The second-order valence-electron chi connectivity index (χ2n) is 7.33. The Bertz CT molecular complexity index is 935. The lowest BCUT2D eigenvalue weighted by molar-refractivity contribution is -0.116. The number of hydrogen-bond donors (Lipinski definition) is 1. The predicted octanol–water partition coefficient (Wildman–Crippen LogP) is 2.78. The Morgan fingerprint density at radius 1 is 1.03 bits per heavy atom. The fourth-order valence-corrected chi connectivity index (χ4v) is 4.68. The number of imide groups is 1. The van der Waals surface area contributed by atoms with Gasteiger partial charge < -0.3 is 5.32 Å². The molecule has 0 atom stereocenters. The zero-order chi connectivity index (χ0) is 20.4. The van der Waals surface area contributed by atoms with Gasteiger partial charge in [0.15, 0.2) is 0 Å². The van der Waals surface area contributed by atoms with Gasteiger partial charge in [0.2, 0.25) is 5.91 Å². The molecule has 0 aliphatic carbocycles. The zero-order valence-electron chi connectivity index (χ0n) is 16.3. The van der Waals surface area contributed by atoms with Crippen molar-refractivity contribution in [3.8, 4) is 0 Å². The molecule has 2 aromatic rings. The highest BCUT2D eigenvalue weighted by atomic mass is 32.2. The highest BCUT2D eigenvalue weighted by Gasteiger charge is 2.36. The molecule has 1 N–H and O–H groups in total.